The van der Waals surface area contributed by atoms with Crippen molar-refractivity contribution in [3.63, 3.8) is 0 Å². The molecule has 0 radical (unpaired) electrons. The van der Waals surface area contributed by atoms with Crippen molar-refractivity contribution in [2.75, 3.05) is 39.4 Å². The number of hydrogen-bond donors (Lipinski definition) is 1. The van der Waals surface area contributed by atoms with Gasteiger partial charge in [0.1, 0.15) is 5.75 Å². The number of nitrogens with one attached hydrogen (secondary N) is 1. The lowest BCUT2D eigenvalue weighted by atomic mass is 10.2. The van der Waals surface area contributed by atoms with Crippen molar-refractivity contribution >= 4 is 5.97 Å². The molecule has 0 spiro atoms. The van der Waals surface area contributed by atoms with Crippen LogP contribution in [0.1, 0.15) is 12.5 Å². The average Bonchev–Trinajstić information content (AvgIpc) is 2.48. The molecule has 1 heterocycles. The lowest BCUT2D eigenvalue weighted by Gasteiger charge is -2.27. The fraction of sp³-hybridized carbons (Fsp3) is 0.533. The zero-order valence-electron chi connectivity index (χ0n) is 11.9. The number of piperazine rings is 1. The first-order valence-electron chi connectivity index (χ1n) is 7.08. The van der Waals surface area contributed by atoms with Crippen molar-refractivity contribution in [3.05, 3.63) is 29.8 Å². The molecule has 1 aliphatic rings. The predicted octanol–water partition coefficient (Wildman–Crippen LogP) is 1.03. The molecular formula is C15H22N2O3. The molecule has 110 valence electrons. The molecular weight excluding hydrogens is 256 g/mol. The molecule has 0 amide bonds. The summed E-state index contributed by atoms with van der Waals surface area (Å²) in [7, 11) is 0. The van der Waals surface area contributed by atoms with E-state index in [-0.39, 0.29) is 12.6 Å². The van der Waals surface area contributed by atoms with Crippen molar-refractivity contribution in [1.29, 1.82) is 0 Å². The summed E-state index contributed by atoms with van der Waals surface area (Å²) in [6.07, 6.45) is 0. The quantitative estimate of drug-likeness (QED) is 0.788. The molecule has 0 aliphatic carbocycles. The second-order valence-electron chi connectivity index (χ2n) is 4.76. The van der Waals surface area contributed by atoms with Crippen LogP contribution >= 0.6 is 0 Å². The second kappa shape index (κ2) is 7.87. The number of ether oxygens (including phenoxy) is 2. The highest BCUT2D eigenvalue weighted by Crippen LogP contribution is 2.14. The fourth-order valence-corrected chi connectivity index (χ4v) is 2.16. The molecule has 0 unspecified atom stereocenters. The molecule has 1 N–H and O–H groups in total. The molecule has 0 atom stereocenters. The lowest BCUT2D eigenvalue weighted by molar-refractivity contribution is -0.145. The Morgan fingerprint density at radius 1 is 1.25 bits per heavy atom. The number of carbonyl (C=O) groups excluding carboxylic acids is 1. The van der Waals surface area contributed by atoms with Crippen molar-refractivity contribution in [2.45, 2.75) is 13.5 Å². The highest BCUT2D eigenvalue weighted by Gasteiger charge is 2.10. The van der Waals surface area contributed by atoms with E-state index in [0.717, 1.165) is 32.7 Å². The Kier molecular flexibility index (Phi) is 5.83. The first-order chi connectivity index (χ1) is 9.78. The van der Waals surface area contributed by atoms with Crippen LogP contribution in [0.3, 0.4) is 0 Å². The molecule has 0 aromatic heterocycles. The van der Waals surface area contributed by atoms with Gasteiger partial charge in [0.15, 0.2) is 6.61 Å². The molecule has 1 fully saturated rings. The van der Waals surface area contributed by atoms with E-state index in [1.807, 2.05) is 24.3 Å². The maximum atomic E-state index is 11.2. The van der Waals surface area contributed by atoms with Gasteiger partial charge in [-0.15, -0.1) is 0 Å². The molecule has 1 saturated heterocycles. The van der Waals surface area contributed by atoms with Gasteiger partial charge in [0.25, 0.3) is 0 Å². The SMILES string of the molecule is CCOC(=O)COc1ccc(CN2CCNCC2)cc1. The molecule has 0 bridgehead atoms. The molecule has 1 aromatic rings. The number of esters is 1. The van der Waals surface area contributed by atoms with Crippen molar-refractivity contribution in [2.24, 2.45) is 0 Å². The summed E-state index contributed by atoms with van der Waals surface area (Å²) >= 11 is 0. The average molecular weight is 278 g/mol. The Labute approximate surface area is 119 Å². The maximum Gasteiger partial charge on any atom is 0.344 e. The topological polar surface area (TPSA) is 50.8 Å². The van der Waals surface area contributed by atoms with Crippen LogP contribution in [-0.4, -0.2) is 50.3 Å². The van der Waals surface area contributed by atoms with Gasteiger partial charge < -0.3 is 14.8 Å². The number of nitrogens with zero attached hydrogens (tertiary/aromatic N) is 1. The summed E-state index contributed by atoms with van der Waals surface area (Å²) in [6, 6.07) is 7.89. The van der Waals surface area contributed by atoms with E-state index >= 15 is 0 Å². The lowest BCUT2D eigenvalue weighted by Crippen LogP contribution is -2.42. The summed E-state index contributed by atoms with van der Waals surface area (Å²) < 4.78 is 10.2. The van der Waals surface area contributed by atoms with Gasteiger partial charge in [0.05, 0.1) is 6.61 Å². The van der Waals surface area contributed by atoms with Gasteiger partial charge in [-0.1, -0.05) is 12.1 Å². The molecule has 2 rings (SSSR count). The van der Waals surface area contributed by atoms with E-state index in [9.17, 15) is 4.79 Å². The normalized spacial score (nSPS) is 15.8. The van der Waals surface area contributed by atoms with Crippen LogP contribution in [0.5, 0.6) is 5.75 Å². The fourth-order valence-electron chi connectivity index (χ4n) is 2.16. The number of hydrogen-bond acceptors (Lipinski definition) is 5. The van der Waals surface area contributed by atoms with E-state index in [0.29, 0.717) is 12.4 Å². The van der Waals surface area contributed by atoms with Crippen LogP contribution in [0.4, 0.5) is 0 Å². The van der Waals surface area contributed by atoms with Crippen LogP contribution in [0, 0.1) is 0 Å². The largest absolute Gasteiger partial charge is 0.482 e. The van der Waals surface area contributed by atoms with Crippen molar-refractivity contribution in [3.8, 4) is 5.75 Å². The van der Waals surface area contributed by atoms with E-state index in [1.165, 1.54) is 5.56 Å². The summed E-state index contributed by atoms with van der Waals surface area (Å²) in [5.74, 6) is 0.361. The van der Waals surface area contributed by atoms with Gasteiger partial charge in [0, 0.05) is 32.7 Å². The zero-order chi connectivity index (χ0) is 14.2. The Balaban J connectivity index is 1.78. The van der Waals surface area contributed by atoms with Crippen LogP contribution in [0.15, 0.2) is 24.3 Å². The van der Waals surface area contributed by atoms with E-state index in [2.05, 4.69) is 10.2 Å². The van der Waals surface area contributed by atoms with Gasteiger partial charge >= 0.3 is 5.97 Å². The first kappa shape index (κ1) is 14.8. The maximum absolute atomic E-state index is 11.2. The van der Waals surface area contributed by atoms with Crippen LogP contribution in [-0.2, 0) is 16.1 Å². The third-order valence-corrected chi connectivity index (χ3v) is 3.20. The predicted molar refractivity (Wildman–Crippen MR) is 76.7 cm³/mol. The Bertz CT molecular complexity index is 414. The summed E-state index contributed by atoms with van der Waals surface area (Å²) in [4.78, 5) is 13.6. The smallest absolute Gasteiger partial charge is 0.344 e. The van der Waals surface area contributed by atoms with E-state index in [1.54, 1.807) is 6.92 Å². The summed E-state index contributed by atoms with van der Waals surface area (Å²) in [5, 5.41) is 3.34. The van der Waals surface area contributed by atoms with Crippen molar-refractivity contribution in [1.82, 2.24) is 10.2 Å². The minimum Gasteiger partial charge on any atom is -0.482 e. The third-order valence-electron chi connectivity index (χ3n) is 3.20. The number of carbonyl (C=O) groups is 1. The minimum absolute atomic E-state index is 0.0367. The first-order valence-corrected chi connectivity index (χ1v) is 7.08. The Morgan fingerprint density at radius 3 is 2.60 bits per heavy atom. The molecule has 1 aromatic carbocycles. The summed E-state index contributed by atoms with van der Waals surface area (Å²) in [5.41, 5.74) is 1.26. The highest BCUT2D eigenvalue weighted by atomic mass is 16.6. The number of rotatable bonds is 6. The standard InChI is InChI=1S/C15H22N2O3/c1-2-19-15(18)12-20-14-5-3-13(4-6-14)11-17-9-7-16-8-10-17/h3-6,16H,2,7-12H2,1H3. The Hall–Kier alpha value is -1.59. The van der Waals surface area contributed by atoms with E-state index < -0.39 is 0 Å². The van der Waals surface area contributed by atoms with Crippen molar-refractivity contribution < 1.29 is 14.3 Å². The van der Waals surface area contributed by atoms with Crippen LogP contribution < -0.4 is 10.1 Å². The minimum atomic E-state index is -0.336. The molecule has 5 nitrogen and oxygen atoms in total. The summed E-state index contributed by atoms with van der Waals surface area (Å²) in [6.45, 7) is 7.36. The van der Waals surface area contributed by atoms with Gasteiger partial charge in [-0.25, -0.2) is 4.79 Å². The highest BCUT2D eigenvalue weighted by molar-refractivity contribution is 5.71. The molecule has 5 heteroatoms. The Morgan fingerprint density at radius 2 is 1.95 bits per heavy atom. The van der Waals surface area contributed by atoms with Gasteiger partial charge in [-0.2, -0.15) is 0 Å². The van der Waals surface area contributed by atoms with Crippen LogP contribution in [0.25, 0.3) is 0 Å². The number of benzene rings is 1. The van der Waals surface area contributed by atoms with Gasteiger partial charge in [-0.05, 0) is 24.6 Å². The molecule has 1 aliphatic heterocycles. The molecule has 20 heavy (non-hydrogen) atoms. The van der Waals surface area contributed by atoms with Gasteiger partial charge in [-0.3, -0.25) is 4.90 Å². The second-order valence-corrected chi connectivity index (χ2v) is 4.76. The van der Waals surface area contributed by atoms with Crippen LogP contribution in [0.2, 0.25) is 0 Å². The van der Waals surface area contributed by atoms with Gasteiger partial charge in [0.2, 0.25) is 0 Å². The zero-order valence-corrected chi connectivity index (χ0v) is 11.9. The monoisotopic (exact) mass is 278 g/mol. The van der Waals surface area contributed by atoms with E-state index in [4.69, 9.17) is 9.47 Å². The molecule has 0 saturated carbocycles. The third kappa shape index (κ3) is 4.83.